The van der Waals surface area contributed by atoms with E-state index in [9.17, 15) is 19.7 Å². The summed E-state index contributed by atoms with van der Waals surface area (Å²) in [4.78, 5) is 35.9. The SMILES string of the molecule is CC(C)(C)OC[C@@H](NC(=O)OCC1c2ccccc2-c2ccccc21)C(=O)Oc1ccc([N+](=O)[O-])cc1. The highest BCUT2D eigenvalue weighted by Crippen LogP contribution is 2.44. The molecule has 1 aliphatic rings. The molecule has 0 aromatic heterocycles. The van der Waals surface area contributed by atoms with Gasteiger partial charge in [-0.1, -0.05) is 48.5 Å². The maximum Gasteiger partial charge on any atom is 0.407 e. The van der Waals surface area contributed by atoms with Gasteiger partial charge in [0.05, 0.1) is 17.1 Å². The first kappa shape index (κ1) is 25.8. The number of fused-ring (bicyclic) bond motifs is 3. The van der Waals surface area contributed by atoms with Gasteiger partial charge in [0.2, 0.25) is 0 Å². The van der Waals surface area contributed by atoms with Crippen molar-refractivity contribution in [3.63, 3.8) is 0 Å². The summed E-state index contributed by atoms with van der Waals surface area (Å²) in [7, 11) is 0. The lowest BCUT2D eigenvalue weighted by Gasteiger charge is -2.24. The molecule has 0 fully saturated rings. The number of nitrogens with one attached hydrogen (secondary N) is 1. The van der Waals surface area contributed by atoms with Gasteiger partial charge in [-0.25, -0.2) is 9.59 Å². The molecule has 0 spiro atoms. The first-order chi connectivity index (χ1) is 17.6. The van der Waals surface area contributed by atoms with Crippen LogP contribution in [-0.2, 0) is 14.3 Å². The van der Waals surface area contributed by atoms with Gasteiger partial charge in [-0.05, 0) is 55.2 Å². The van der Waals surface area contributed by atoms with Crippen LogP contribution in [-0.4, -0.2) is 41.8 Å². The second kappa shape index (κ2) is 10.8. The Kier molecular flexibility index (Phi) is 7.54. The number of ether oxygens (including phenoxy) is 3. The van der Waals surface area contributed by atoms with Gasteiger partial charge in [0, 0.05) is 18.1 Å². The van der Waals surface area contributed by atoms with E-state index in [0.717, 1.165) is 22.3 Å². The highest BCUT2D eigenvalue weighted by atomic mass is 16.6. The number of rotatable bonds is 8. The van der Waals surface area contributed by atoms with Gasteiger partial charge in [-0.2, -0.15) is 0 Å². The Morgan fingerprint density at radius 3 is 2.05 bits per heavy atom. The van der Waals surface area contributed by atoms with Gasteiger partial charge in [-0.3, -0.25) is 10.1 Å². The van der Waals surface area contributed by atoms with E-state index in [-0.39, 0.29) is 30.6 Å². The summed E-state index contributed by atoms with van der Waals surface area (Å²) in [5, 5.41) is 13.4. The lowest BCUT2D eigenvalue weighted by atomic mass is 9.98. The summed E-state index contributed by atoms with van der Waals surface area (Å²) in [6, 6.07) is 19.9. The van der Waals surface area contributed by atoms with Crippen molar-refractivity contribution in [2.24, 2.45) is 0 Å². The summed E-state index contributed by atoms with van der Waals surface area (Å²) in [6.45, 7) is 5.39. The zero-order valence-electron chi connectivity index (χ0n) is 20.8. The van der Waals surface area contributed by atoms with E-state index in [2.05, 4.69) is 5.32 Å². The Morgan fingerprint density at radius 1 is 0.946 bits per heavy atom. The Balaban J connectivity index is 1.43. The van der Waals surface area contributed by atoms with Crippen LogP contribution in [0.3, 0.4) is 0 Å². The van der Waals surface area contributed by atoms with Crippen molar-refractivity contribution in [3.05, 3.63) is 94.0 Å². The van der Waals surface area contributed by atoms with Gasteiger partial charge in [0.1, 0.15) is 12.4 Å². The number of nitro benzene ring substituents is 1. The van der Waals surface area contributed by atoms with Crippen LogP contribution in [0.4, 0.5) is 10.5 Å². The van der Waals surface area contributed by atoms with E-state index in [1.807, 2.05) is 69.3 Å². The van der Waals surface area contributed by atoms with Crippen LogP contribution in [0.1, 0.15) is 37.8 Å². The van der Waals surface area contributed by atoms with Crippen molar-refractivity contribution in [2.75, 3.05) is 13.2 Å². The molecule has 4 rings (SSSR count). The van der Waals surface area contributed by atoms with Gasteiger partial charge >= 0.3 is 12.1 Å². The lowest BCUT2D eigenvalue weighted by Crippen LogP contribution is -2.47. The molecule has 1 amide bonds. The number of alkyl carbamates (subject to hydrolysis) is 1. The summed E-state index contributed by atoms with van der Waals surface area (Å²) in [6.07, 6.45) is -0.787. The van der Waals surface area contributed by atoms with Crippen molar-refractivity contribution in [3.8, 4) is 16.9 Å². The van der Waals surface area contributed by atoms with E-state index < -0.39 is 28.6 Å². The van der Waals surface area contributed by atoms with Crippen LogP contribution in [0, 0.1) is 10.1 Å². The number of carbonyl (C=O) groups excluding carboxylic acids is 2. The molecule has 37 heavy (non-hydrogen) atoms. The molecule has 0 radical (unpaired) electrons. The minimum atomic E-state index is -1.16. The molecule has 0 saturated heterocycles. The molecule has 0 bridgehead atoms. The highest BCUT2D eigenvalue weighted by molar-refractivity contribution is 5.83. The molecular formula is C28H28N2O7. The van der Waals surface area contributed by atoms with Gasteiger partial charge in [-0.15, -0.1) is 0 Å². The molecule has 1 atom stereocenters. The Hall–Kier alpha value is -4.24. The summed E-state index contributed by atoms with van der Waals surface area (Å²) in [5.74, 6) is -0.813. The van der Waals surface area contributed by atoms with E-state index in [0.29, 0.717) is 0 Å². The molecule has 3 aromatic carbocycles. The number of non-ortho nitro benzene ring substituents is 1. The average Bonchev–Trinajstić information content (AvgIpc) is 3.18. The average molecular weight is 505 g/mol. The third-order valence-corrected chi connectivity index (χ3v) is 5.87. The monoisotopic (exact) mass is 504 g/mol. The van der Waals surface area contributed by atoms with E-state index >= 15 is 0 Å². The highest BCUT2D eigenvalue weighted by Gasteiger charge is 2.31. The number of carbonyl (C=O) groups is 2. The number of hydrogen-bond donors (Lipinski definition) is 1. The van der Waals surface area contributed by atoms with Crippen molar-refractivity contribution in [1.82, 2.24) is 5.32 Å². The van der Waals surface area contributed by atoms with Crippen LogP contribution in [0.25, 0.3) is 11.1 Å². The predicted molar refractivity (Wildman–Crippen MR) is 136 cm³/mol. The van der Waals surface area contributed by atoms with Crippen LogP contribution in [0.2, 0.25) is 0 Å². The van der Waals surface area contributed by atoms with Crippen LogP contribution >= 0.6 is 0 Å². The third-order valence-electron chi connectivity index (χ3n) is 5.87. The number of nitrogens with zero attached hydrogens (tertiary/aromatic N) is 1. The van der Waals surface area contributed by atoms with Gasteiger partial charge in [0.25, 0.3) is 5.69 Å². The first-order valence-corrected chi connectivity index (χ1v) is 11.8. The van der Waals surface area contributed by atoms with E-state index in [1.54, 1.807) is 0 Å². The maximum absolute atomic E-state index is 12.9. The Labute approximate surface area is 214 Å². The number of hydrogen-bond acceptors (Lipinski definition) is 7. The van der Waals surface area contributed by atoms with Crippen LogP contribution in [0.15, 0.2) is 72.8 Å². The molecular weight excluding hydrogens is 476 g/mol. The molecule has 0 heterocycles. The van der Waals surface area contributed by atoms with Crippen molar-refractivity contribution in [1.29, 1.82) is 0 Å². The molecule has 1 N–H and O–H groups in total. The second-order valence-electron chi connectivity index (χ2n) is 9.62. The fourth-order valence-electron chi connectivity index (χ4n) is 4.11. The molecule has 0 unspecified atom stereocenters. The fraction of sp³-hybridized carbons (Fsp3) is 0.286. The largest absolute Gasteiger partial charge is 0.449 e. The third kappa shape index (κ3) is 6.31. The summed E-state index contributed by atoms with van der Waals surface area (Å²) in [5.41, 5.74) is 3.65. The molecule has 9 nitrogen and oxygen atoms in total. The van der Waals surface area contributed by atoms with Gasteiger partial charge in [0.15, 0.2) is 6.04 Å². The number of esters is 1. The Bertz CT molecular complexity index is 1250. The number of nitro groups is 1. The standard InChI is InChI=1S/C28H28N2O7/c1-28(2,3)36-17-25(26(31)37-19-14-12-18(13-15-19)30(33)34)29-27(32)35-16-24-22-10-6-4-8-20(22)21-9-5-7-11-23(21)24/h4-15,24-25H,16-17H2,1-3H3,(H,29,32)/t25-/m1/s1. The second-order valence-corrected chi connectivity index (χ2v) is 9.62. The normalized spacial score (nSPS) is 13.3. The molecule has 0 saturated carbocycles. The predicted octanol–water partition coefficient (Wildman–Crippen LogP) is 5.22. The topological polar surface area (TPSA) is 117 Å². The van der Waals surface area contributed by atoms with Crippen molar-refractivity contribution in [2.45, 2.75) is 38.3 Å². The molecule has 192 valence electrons. The summed E-state index contributed by atoms with van der Waals surface area (Å²) >= 11 is 0. The molecule has 1 aliphatic carbocycles. The van der Waals surface area contributed by atoms with Crippen molar-refractivity contribution < 1.29 is 28.7 Å². The zero-order valence-corrected chi connectivity index (χ0v) is 20.8. The lowest BCUT2D eigenvalue weighted by molar-refractivity contribution is -0.384. The number of benzene rings is 3. The fourth-order valence-corrected chi connectivity index (χ4v) is 4.11. The molecule has 9 heteroatoms. The quantitative estimate of drug-likeness (QED) is 0.193. The van der Waals surface area contributed by atoms with Crippen LogP contribution in [0.5, 0.6) is 5.75 Å². The zero-order chi connectivity index (χ0) is 26.6. The number of amides is 1. The summed E-state index contributed by atoms with van der Waals surface area (Å²) < 4.78 is 16.6. The molecule has 3 aromatic rings. The molecule has 0 aliphatic heterocycles. The van der Waals surface area contributed by atoms with E-state index in [1.165, 1.54) is 24.3 Å². The Morgan fingerprint density at radius 2 is 1.51 bits per heavy atom. The van der Waals surface area contributed by atoms with Crippen molar-refractivity contribution >= 4 is 17.7 Å². The van der Waals surface area contributed by atoms with E-state index in [4.69, 9.17) is 14.2 Å². The van der Waals surface area contributed by atoms with Gasteiger partial charge < -0.3 is 19.5 Å². The minimum absolute atomic E-state index is 0.0874. The minimum Gasteiger partial charge on any atom is -0.449 e. The smallest absolute Gasteiger partial charge is 0.407 e. The van der Waals surface area contributed by atoms with Crippen LogP contribution < -0.4 is 10.1 Å². The first-order valence-electron chi connectivity index (χ1n) is 11.8. The maximum atomic E-state index is 12.9.